The summed E-state index contributed by atoms with van der Waals surface area (Å²) in [5.41, 5.74) is 5.48. The molecule has 0 spiro atoms. The highest BCUT2D eigenvalue weighted by atomic mass is 16.5. The molecule has 0 atom stereocenters. The second kappa shape index (κ2) is 8.41. The number of carbonyl (C=O) groups is 1. The van der Waals surface area contributed by atoms with Crippen LogP contribution in [0.15, 0.2) is 24.3 Å². The number of nitrogens with two attached hydrogens (primary N) is 1. The zero-order valence-electron chi connectivity index (χ0n) is 13.6. The standard InChI is InChI=1S/C17H25N3O3/c1-22-14-5-7-15(8-6-14)23-16(21)4-2-3-13-9-11-20(12-10-13)17(18)19/h5-8,13H,2-4,9-12H2,1H3,(H3,18,19). The molecule has 1 heterocycles. The number of carbonyl (C=O) groups excluding carboxylic acids is 1. The molecule has 3 N–H and O–H groups in total. The monoisotopic (exact) mass is 319 g/mol. The third kappa shape index (κ3) is 5.47. The summed E-state index contributed by atoms with van der Waals surface area (Å²) < 4.78 is 10.4. The molecule has 0 aromatic heterocycles. The van der Waals surface area contributed by atoms with E-state index in [1.807, 2.05) is 4.90 Å². The first kappa shape index (κ1) is 17.1. The Morgan fingerprint density at radius 2 is 1.87 bits per heavy atom. The maximum absolute atomic E-state index is 11.8. The molecule has 0 bridgehead atoms. The summed E-state index contributed by atoms with van der Waals surface area (Å²) >= 11 is 0. The molecular formula is C17H25N3O3. The fraction of sp³-hybridized carbons (Fsp3) is 0.529. The molecule has 1 fully saturated rings. The summed E-state index contributed by atoms with van der Waals surface area (Å²) in [5, 5.41) is 7.42. The number of guanidine groups is 1. The molecule has 6 nitrogen and oxygen atoms in total. The van der Waals surface area contributed by atoms with Gasteiger partial charge in [0.25, 0.3) is 0 Å². The minimum Gasteiger partial charge on any atom is -0.497 e. The molecule has 23 heavy (non-hydrogen) atoms. The number of rotatable bonds is 6. The number of piperidine rings is 1. The van der Waals surface area contributed by atoms with E-state index in [1.165, 1.54) is 0 Å². The lowest BCUT2D eigenvalue weighted by Gasteiger charge is -2.32. The number of hydrogen-bond acceptors (Lipinski definition) is 4. The Balaban J connectivity index is 1.64. The highest BCUT2D eigenvalue weighted by Crippen LogP contribution is 2.23. The Kier molecular flexibility index (Phi) is 6.26. The molecule has 0 radical (unpaired) electrons. The SMILES string of the molecule is COc1ccc(OC(=O)CCCC2CCN(C(=N)N)CC2)cc1. The molecule has 1 aromatic rings. The number of hydrogen-bond donors (Lipinski definition) is 2. The van der Waals surface area contributed by atoms with Gasteiger partial charge in [0, 0.05) is 19.5 Å². The van der Waals surface area contributed by atoms with Crippen molar-refractivity contribution in [2.45, 2.75) is 32.1 Å². The van der Waals surface area contributed by atoms with Crippen LogP contribution in [0.2, 0.25) is 0 Å². The quantitative estimate of drug-likeness (QED) is 0.364. The Labute approximate surface area is 137 Å². The summed E-state index contributed by atoms with van der Waals surface area (Å²) in [7, 11) is 1.60. The third-order valence-electron chi connectivity index (χ3n) is 4.24. The van der Waals surface area contributed by atoms with Crippen LogP contribution < -0.4 is 15.2 Å². The van der Waals surface area contributed by atoms with Crippen molar-refractivity contribution >= 4 is 11.9 Å². The predicted octanol–water partition coefficient (Wildman–Crippen LogP) is 2.38. The van der Waals surface area contributed by atoms with Gasteiger partial charge in [-0.15, -0.1) is 0 Å². The molecule has 1 aliphatic heterocycles. The second-order valence-electron chi connectivity index (χ2n) is 5.86. The van der Waals surface area contributed by atoms with Crippen LogP contribution in [0.1, 0.15) is 32.1 Å². The first-order valence-electron chi connectivity index (χ1n) is 8.02. The molecule has 126 valence electrons. The summed E-state index contributed by atoms with van der Waals surface area (Å²) in [6.45, 7) is 1.69. The van der Waals surface area contributed by atoms with Gasteiger partial charge in [0.1, 0.15) is 11.5 Å². The molecule has 2 rings (SSSR count). The molecular weight excluding hydrogens is 294 g/mol. The zero-order chi connectivity index (χ0) is 16.7. The summed E-state index contributed by atoms with van der Waals surface area (Å²) in [4.78, 5) is 13.7. The minimum absolute atomic E-state index is 0.159. The summed E-state index contributed by atoms with van der Waals surface area (Å²) in [6, 6.07) is 7.00. The average Bonchev–Trinajstić information content (AvgIpc) is 2.56. The van der Waals surface area contributed by atoms with Crippen molar-refractivity contribution in [3.63, 3.8) is 0 Å². The topological polar surface area (TPSA) is 88.6 Å². The van der Waals surface area contributed by atoms with E-state index in [2.05, 4.69) is 0 Å². The summed E-state index contributed by atoms with van der Waals surface area (Å²) in [6.07, 6.45) is 4.35. The van der Waals surface area contributed by atoms with Crippen molar-refractivity contribution in [3.05, 3.63) is 24.3 Å². The smallest absolute Gasteiger partial charge is 0.311 e. The van der Waals surface area contributed by atoms with Gasteiger partial charge in [-0.05, 0) is 55.9 Å². The zero-order valence-corrected chi connectivity index (χ0v) is 13.6. The van der Waals surface area contributed by atoms with Gasteiger partial charge in [0.05, 0.1) is 7.11 Å². The Morgan fingerprint density at radius 1 is 1.26 bits per heavy atom. The van der Waals surface area contributed by atoms with Crippen LogP contribution in [0.4, 0.5) is 0 Å². The van der Waals surface area contributed by atoms with Crippen LogP contribution in [0.25, 0.3) is 0 Å². The largest absolute Gasteiger partial charge is 0.497 e. The molecule has 1 aromatic carbocycles. The predicted molar refractivity (Wildman–Crippen MR) is 88.7 cm³/mol. The van der Waals surface area contributed by atoms with Gasteiger partial charge in [0.15, 0.2) is 5.96 Å². The van der Waals surface area contributed by atoms with Crippen LogP contribution in [0.5, 0.6) is 11.5 Å². The normalized spacial score (nSPS) is 15.3. The van der Waals surface area contributed by atoms with Crippen molar-refractivity contribution in [2.75, 3.05) is 20.2 Å². The number of nitrogens with one attached hydrogen (secondary N) is 1. The van der Waals surface area contributed by atoms with E-state index in [9.17, 15) is 4.79 Å². The number of nitrogens with zero attached hydrogens (tertiary/aromatic N) is 1. The van der Waals surface area contributed by atoms with Crippen molar-refractivity contribution in [3.8, 4) is 11.5 Å². The lowest BCUT2D eigenvalue weighted by atomic mass is 9.92. The number of benzene rings is 1. The highest BCUT2D eigenvalue weighted by molar-refractivity contribution is 5.74. The van der Waals surface area contributed by atoms with Gasteiger partial charge in [-0.2, -0.15) is 0 Å². The van der Waals surface area contributed by atoms with Crippen molar-refractivity contribution in [2.24, 2.45) is 11.7 Å². The molecule has 1 saturated heterocycles. The van der Waals surface area contributed by atoms with E-state index < -0.39 is 0 Å². The maximum Gasteiger partial charge on any atom is 0.311 e. The van der Waals surface area contributed by atoms with Gasteiger partial charge in [-0.25, -0.2) is 0 Å². The third-order valence-corrected chi connectivity index (χ3v) is 4.24. The van der Waals surface area contributed by atoms with Crippen LogP contribution >= 0.6 is 0 Å². The van der Waals surface area contributed by atoms with Gasteiger partial charge >= 0.3 is 5.97 Å². The van der Waals surface area contributed by atoms with Crippen LogP contribution in [0.3, 0.4) is 0 Å². The van der Waals surface area contributed by atoms with Crippen molar-refractivity contribution in [1.82, 2.24) is 4.90 Å². The molecule has 1 aliphatic rings. The van der Waals surface area contributed by atoms with Gasteiger partial charge in [-0.1, -0.05) is 0 Å². The lowest BCUT2D eigenvalue weighted by molar-refractivity contribution is -0.134. The first-order chi connectivity index (χ1) is 11.1. The molecule has 0 amide bonds. The molecule has 0 unspecified atom stereocenters. The van der Waals surface area contributed by atoms with Gasteiger partial charge < -0.3 is 20.1 Å². The van der Waals surface area contributed by atoms with E-state index >= 15 is 0 Å². The Hall–Kier alpha value is -2.24. The first-order valence-corrected chi connectivity index (χ1v) is 8.02. The van der Waals surface area contributed by atoms with Crippen LogP contribution in [-0.2, 0) is 4.79 Å². The van der Waals surface area contributed by atoms with E-state index in [4.69, 9.17) is 20.6 Å². The number of esters is 1. The van der Waals surface area contributed by atoms with E-state index in [0.29, 0.717) is 18.1 Å². The van der Waals surface area contributed by atoms with Crippen molar-refractivity contribution < 1.29 is 14.3 Å². The maximum atomic E-state index is 11.8. The lowest BCUT2D eigenvalue weighted by Crippen LogP contribution is -2.42. The van der Waals surface area contributed by atoms with Gasteiger partial charge in [-0.3, -0.25) is 10.2 Å². The van der Waals surface area contributed by atoms with Gasteiger partial charge in [0.2, 0.25) is 0 Å². The number of methoxy groups -OCH3 is 1. The molecule has 0 saturated carbocycles. The van der Waals surface area contributed by atoms with Crippen molar-refractivity contribution in [1.29, 1.82) is 5.41 Å². The summed E-state index contributed by atoms with van der Waals surface area (Å²) in [5.74, 6) is 1.86. The molecule has 0 aliphatic carbocycles. The fourth-order valence-electron chi connectivity index (χ4n) is 2.82. The van der Waals surface area contributed by atoms with Crippen LogP contribution in [0, 0.1) is 11.3 Å². The van der Waals surface area contributed by atoms with E-state index in [1.54, 1.807) is 31.4 Å². The number of likely N-dealkylation sites (tertiary alicyclic amines) is 1. The Bertz CT molecular complexity index is 522. The fourth-order valence-corrected chi connectivity index (χ4v) is 2.82. The Morgan fingerprint density at radius 3 is 2.43 bits per heavy atom. The molecule has 6 heteroatoms. The van der Waals surface area contributed by atoms with E-state index in [-0.39, 0.29) is 11.9 Å². The number of ether oxygens (including phenoxy) is 2. The van der Waals surface area contributed by atoms with E-state index in [0.717, 1.165) is 44.5 Å². The second-order valence-corrected chi connectivity index (χ2v) is 5.86. The van der Waals surface area contributed by atoms with Crippen LogP contribution in [-0.4, -0.2) is 37.0 Å². The highest BCUT2D eigenvalue weighted by Gasteiger charge is 2.19. The minimum atomic E-state index is -0.198. The average molecular weight is 319 g/mol.